The van der Waals surface area contributed by atoms with Gasteiger partial charge in [-0.25, -0.2) is 4.39 Å². The summed E-state index contributed by atoms with van der Waals surface area (Å²) in [5.41, 5.74) is 8.55. The van der Waals surface area contributed by atoms with E-state index in [1.54, 1.807) is 6.07 Å². The van der Waals surface area contributed by atoms with Crippen molar-refractivity contribution in [1.82, 2.24) is 5.32 Å². The fraction of sp³-hybridized carbons (Fsp3) is 0.455. The van der Waals surface area contributed by atoms with Crippen LogP contribution in [0, 0.1) is 5.82 Å². The van der Waals surface area contributed by atoms with E-state index in [-0.39, 0.29) is 11.9 Å². The zero-order valence-electron chi connectivity index (χ0n) is 8.31. The van der Waals surface area contributed by atoms with E-state index in [1.807, 2.05) is 0 Å². The Hall–Kier alpha value is -1.09. The number of anilines is 1. The molecule has 1 aromatic rings. The molecular weight excluding hydrogens is 179 g/mol. The molecule has 1 heterocycles. The maximum atomic E-state index is 13.2. The van der Waals surface area contributed by atoms with Crippen molar-refractivity contribution in [3.63, 3.8) is 0 Å². The summed E-state index contributed by atoms with van der Waals surface area (Å²) in [6, 6.07) is 3.28. The van der Waals surface area contributed by atoms with Gasteiger partial charge in [-0.1, -0.05) is 6.92 Å². The third kappa shape index (κ3) is 1.48. The molecule has 0 radical (unpaired) electrons. The first-order valence-electron chi connectivity index (χ1n) is 5.03. The van der Waals surface area contributed by atoms with E-state index in [2.05, 4.69) is 12.2 Å². The van der Waals surface area contributed by atoms with Crippen LogP contribution in [0.4, 0.5) is 10.1 Å². The highest BCUT2D eigenvalue weighted by Gasteiger charge is 2.20. The first-order chi connectivity index (χ1) is 6.72. The Bertz CT molecular complexity index is 349. The highest BCUT2D eigenvalue weighted by molar-refractivity contribution is 5.53. The van der Waals surface area contributed by atoms with Gasteiger partial charge in [0.15, 0.2) is 0 Å². The summed E-state index contributed by atoms with van der Waals surface area (Å²) in [6.45, 7) is 3.02. The smallest absolute Gasteiger partial charge is 0.125 e. The largest absolute Gasteiger partial charge is 0.398 e. The summed E-state index contributed by atoms with van der Waals surface area (Å²) >= 11 is 0. The standard InChI is InChI=1S/C11H15FN2/c1-2-11-9-5-7(12)6-10(13)8(9)3-4-14-11/h5-6,11,14H,2-4,13H2,1H3. The number of nitrogen functional groups attached to an aromatic ring is 1. The quantitative estimate of drug-likeness (QED) is 0.671. The van der Waals surface area contributed by atoms with Gasteiger partial charge in [-0.05, 0) is 42.6 Å². The van der Waals surface area contributed by atoms with E-state index < -0.39 is 0 Å². The molecule has 0 spiro atoms. The van der Waals surface area contributed by atoms with Crippen LogP contribution in [0.25, 0.3) is 0 Å². The first kappa shape index (κ1) is 9.46. The summed E-state index contributed by atoms with van der Waals surface area (Å²) in [4.78, 5) is 0. The second kappa shape index (κ2) is 3.58. The van der Waals surface area contributed by atoms with E-state index in [0.717, 1.165) is 30.5 Å². The van der Waals surface area contributed by atoms with Crippen molar-refractivity contribution in [3.8, 4) is 0 Å². The number of rotatable bonds is 1. The lowest BCUT2D eigenvalue weighted by Gasteiger charge is -2.27. The predicted octanol–water partition coefficient (Wildman–Crippen LogP) is 2.00. The molecular formula is C11H15FN2. The Labute approximate surface area is 83.3 Å². The number of halogens is 1. The Balaban J connectivity index is 2.51. The molecule has 1 unspecified atom stereocenters. The van der Waals surface area contributed by atoms with E-state index in [9.17, 15) is 4.39 Å². The van der Waals surface area contributed by atoms with Crippen LogP contribution in [0.15, 0.2) is 12.1 Å². The fourth-order valence-corrected chi connectivity index (χ4v) is 2.12. The van der Waals surface area contributed by atoms with Gasteiger partial charge in [-0.3, -0.25) is 0 Å². The highest BCUT2D eigenvalue weighted by atomic mass is 19.1. The van der Waals surface area contributed by atoms with Crippen LogP contribution in [0.3, 0.4) is 0 Å². The number of nitrogens with one attached hydrogen (secondary N) is 1. The summed E-state index contributed by atoms with van der Waals surface area (Å²) in [5.74, 6) is -0.233. The molecule has 1 aliphatic rings. The summed E-state index contributed by atoms with van der Waals surface area (Å²) in [7, 11) is 0. The van der Waals surface area contributed by atoms with Crippen LogP contribution in [-0.4, -0.2) is 6.54 Å². The molecule has 2 nitrogen and oxygen atoms in total. The van der Waals surface area contributed by atoms with Gasteiger partial charge in [-0.2, -0.15) is 0 Å². The van der Waals surface area contributed by atoms with Crippen LogP contribution in [0.1, 0.15) is 30.5 Å². The van der Waals surface area contributed by atoms with Gasteiger partial charge in [-0.15, -0.1) is 0 Å². The molecule has 0 saturated carbocycles. The molecule has 0 aromatic heterocycles. The van der Waals surface area contributed by atoms with Crippen LogP contribution >= 0.6 is 0 Å². The van der Waals surface area contributed by atoms with Crippen molar-refractivity contribution in [3.05, 3.63) is 29.1 Å². The molecule has 3 N–H and O–H groups in total. The van der Waals surface area contributed by atoms with E-state index in [0.29, 0.717) is 5.69 Å². The number of hydrogen-bond donors (Lipinski definition) is 2. The van der Waals surface area contributed by atoms with Crippen molar-refractivity contribution in [2.75, 3.05) is 12.3 Å². The predicted molar refractivity (Wildman–Crippen MR) is 55.6 cm³/mol. The number of fused-ring (bicyclic) bond motifs is 1. The zero-order valence-corrected chi connectivity index (χ0v) is 8.31. The molecule has 0 saturated heterocycles. The van der Waals surface area contributed by atoms with E-state index in [1.165, 1.54) is 6.07 Å². The van der Waals surface area contributed by atoms with Gasteiger partial charge in [0.25, 0.3) is 0 Å². The minimum Gasteiger partial charge on any atom is -0.398 e. The molecule has 0 amide bonds. The van der Waals surface area contributed by atoms with Crippen LogP contribution < -0.4 is 11.1 Å². The molecule has 14 heavy (non-hydrogen) atoms. The second-order valence-electron chi connectivity index (χ2n) is 3.73. The van der Waals surface area contributed by atoms with Crippen molar-refractivity contribution < 1.29 is 4.39 Å². The zero-order chi connectivity index (χ0) is 10.1. The van der Waals surface area contributed by atoms with Crippen LogP contribution in [0.5, 0.6) is 0 Å². The second-order valence-corrected chi connectivity index (χ2v) is 3.73. The van der Waals surface area contributed by atoms with Gasteiger partial charge < -0.3 is 11.1 Å². The fourth-order valence-electron chi connectivity index (χ4n) is 2.12. The number of hydrogen-bond acceptors (Lipinski definition) is 2. The summed E-state index contributed by atoms with van der Waals surface area (Å²) in [6.07, 6.45) is 1.87. The van der Waals surface area contributed by atoms with Crippen molar-refractivity contribution in [1.29, 1.82) is 0 Å². The monoisotopic (exact) mass is 194 g/mol. The maximum absolute atomic E-state index is 13.2. The average molecular weight is 194 g/mol. The molecule has 0 aliphatic carbocycles. The lowest BCUT2D eigenvalue weighted by atomic mass is 9.91. The number of benzene rings is 1. The van der Waals surface area contributed by atoms with Gasteiger partial charge >= 0.3 is 0 Å². The maximum Gasteiger partial charge on any atom is 0.125 e. The minimum absolute atomic E-state index is 0.233. The molecule has 1 aliphatic heterocycles. The van der Waals surface area contributed by atoms with E-state index in [4.69, 9.17) is 5.73 Å². The lowest BCUT2D eigenvalue weighted by molar-refractivity contribution is 0.488. The molecule has 0 bridgehead atoms. The third-order valence-corrected chi connectivity index (χ3v) is 2.83. The van der Waals surface area contributed by atoms with Crippen molar-refractivity contribution in [2.45, 2.75) is 25.8 Å². The Kier molecular flexibility index (Phi) is 2.42. The van der Waals surface area contributed by atoms with Gasteiger partial charge in [0.1, 0.15) is 5.82 Å². The lowest BCUT2D eigenvalue weighted by Crippen LogP contribution is -2.30. The normalized spacial score (nSPS) is 20.6. The summed E-state index contributed by atoms with van der Waals surface area (Å²) in [5, 5.41) is 3.36. The third-order valence-electron chi connectivity index (χ3n) is 2.83. The minimum atomic E-state index is -0.233. The van der Waals surface area contributed by atoms with Gasteiger partial charge in [0, 0.05) is 11.7 Å². The molecule has 0 fully saturated rings. The molecule has 1 aromatic carbocycles. The Morgan fingerprint density at radius 3 is 3.07 bits per heavy atom. The molecule has 3 heteroatoms. The molecule has 1 atom stereocenters. The SMILES string of the molecule is CCC1NCCc2c(N)cc(F)cc21. The van der Waals surface area contributed by atoms with Crippen molar-refractivity contribution >= 4 is 5.69 Å². The van der Waals surface area contributed by atoms with Crippen molar-refractivity contribution in [2.24, 2.45) is 0 Å². The Morgan fingerprint density at radius 2 is 2.36 bits per heavy atom. The summed E-state index contributed by atoms with van der Waals surface area (Å²) < 4.78 is 13.2. The average Bonchev–Trinajstić information content (AvgIpc) is 2.17. The molecule has 2 rings (SSSR count). The van der Waals surface area contributed by atoms with Crippen LogP contribution in [-0.2, 0) is 6.42 Å². The highest BCUT2D eigenvalue weighted by Crippen LogP contribution is 2.29. The topological polar surface area (TPSA) is 38.0 Å². The molecule has 76 valence electrons. The van der Waals surface area contributed by atoms with Crippen LogP contribution in [0.2, 0.25) is 0 Å². The Morgan fingerprint density at radius 1 is 1.57 bits per heavy atom. The number of nitrogens with two attached hydrogens (primary N) is 1. The van der Waals surface area contributed by atoms with Gasteiger partial charge in [0.05, 0.1) is 0 Å². The van der Waals surface area contributed by atoms with E-state index >= 15 is 0 Å². The van der Waals surface area contributed by atoms with Gasteiger partial charge in [0.2, 0.25) is 0 Å². The first-order valence-corrected chi connectivity index (χ1v) is 5.03.